The van der Waals surface area contributed by atoms with Gasteiger partial charge in [0.15, 0.2) is 0 Å². The van der Waals surface area contributed by atoms with E-state index in [-0.39, 0.29) is 5.97 Å². The quantitative estimate of drug-likeness (QED) is 0.727. The smallest absolute Gasteiger partial charge is 0.337 e. The lowest BCUT2D eigenvalue weighted by Crippen LogP contribution is -2.02. The highest BCUT2D eigenvalue weighted by Gasteiger charge is 2.10. The standard InChI is InChI=1S/C12H14N2O2/c1-8(2)14-7-13-10-5-4-9(6-11(10)14)12(15)16-3/h4-8H,1-3H3. The van der Waals surface area contributed by atoms with Gasteiger partial charge in [0.25, 0.3) is 0 Å². The molecule has 0 aliphatic rings. The monoisotopic (exact) mass is 218 g/mol. The van der Waals surface area contributed by atoms with Crippen molar-refractivity contribution in [1.29, 1.82) is 0 Å². The van der Waals surface area contributed by atoms with Crippen LogP contribution in [0.25, 0.3) is 11.0 Å². The van der Waals surface area contributed by atoms with Crippen LogP contribution in [0.15, 0.2) is 24.5 Å². The molecule has 2 rings (SSSR count). The van der Waals surface area contributed by atoms with Crippen LogP contribution in [-0.2, 0) is 4.74 Å². The van der Waals surface area contributed by atoms with Crippen molar-refractivity contribution in [3.63, 3.8) is 0 Å². The Morgan fingerprint density at radius 1 is 1.44 bits per heavy atom. The summed E-state index contributed by atoms with van der Waals surface area (Å²) in [5.74, 6) is -0.321. The summed E-state index contributed by atoms with van der Waals surface area (Å²) in [6.07, 6.45) is 1.79. The molecule has 0 saturated heterocycles. The lowest BCUT2D eigenvalue weighted by Gasteiger charge is -2.08. The van der Waals surface area contributed by atoms with Gasteiger partial charge in [0.2, 0.25) is 0 Å². The summed E-state index contributed by atoms with van der Waals surface area (Å²) in [7, 11) is 1.38. The zero-order chi connectivity index (χ0) is 11.7. The van der Waals surface area contributed by atoms with Gasteiger partial charge in [-0.25, -0.2) is 9.78 Å². The van der Waals surface area contributed by atoms with Gasteiger partial charge in [-0.1, -0.05) is 0 Å². The molecule has 0 amide bonds. The maximum absolute atomic E-state index is 11.4. The molecule has 0 aliphatic carbocycles. The predicted octanol–water partition coefficient (Wildman–Crippen LogP) is 2.40. The van der Waals surface area contributed by atoms with E-state index in [1.807, 2.05) is 16.7 Å². The normalized spacial score (nSPS) is 11.0. The molecule has 0 unspecified atom stereocenters. The molecule has 4 heteroatoms. The molecule has 84 valence electrons. The third kappa shape index (κ3) is 1.66. The van der Waals surface area contributed by atoms with E-state index in [4.69, 9.17) is 4.74 Å². The molecule has 0 atom stereocenters. The molecule has 0 spiro atoms. The lowest BCUT2D eigenvalue weighted by molar-refractivity contribution is 0.0601. The number of rotatable bonds is 2. The van der Waals surface area contributed by atoms with Crippen LogP contribution < -0.4 is 0 Å². The molecule has 1 heterocycles. The Kier molecular flexibility index (Phi) is 2.64. The van der Waals surface area contributed by atoms with Crippen LogP contribution in [0.5, 0.6) is 0 Å². The molecule has 1 aromatic heterocycles. The van der Waals surface area contributed by atoms with E-state index in [2.05, 4.69) is 18.8 Å². The number of hydrogen-bond acceptors (Lipinski definition) is 3. The van der Waals surface area contributed by atoms with E-state index < -0.39 is 0 Å². The molecule has 0 aliphatic heterocycles. The Balaban J connectivity index is 2.58. The highest BCUT2D eigenvalue weighted by Crippen LogP contribution is 2.19. The fourth-order valence-electron chi connectivity index (χ4n) is 1.68. The second kappa shape index (κ2) is 3.96. The Morgan fingerprint density at radius 2 is 2.19 bits per heavy atom. The topological polar surface area (TPSA) is 44.1 Å². The van der Waals surface area contributed by atoms with Crippen LogP contribution >= 0.6 is 0 Å². The zero-order valence-electron chi connectivity index (χ0n) is 9.60. The number of methoxy groups -OCH3 is 1. The number of esters is 1. The average molecular weight is 218 g/mol. The minimum absolute atomic E-state index is 0.317. The highest BCUT2D eigenvalue weighted by molar-refractivity contribution is 5.93. The number of hydrogen-bond donors (Lipinski definition) is 0. The highest BCUT2D eigenvalue weighted by atomic mass is 16.5. The summed E-state index contributed by atoms with van der Waals surface area (Å²) in [4.78, 5) is 15.7. The van der Waals surface area contributed by atoms with E-state index in [0.717, 1.165) is 11.0 Å². The van der Waals surface area contributed by atoms with Crippen molar-refractivity contribution in [2.75, 3.05) is 7.11 Å². The largest absolute Gasteiger partial charge is 0.465 e. The fraction of sp³-hybridized carbons (Fsp3) is 0.333. The average Bonchev–Trinajstić information content (AvgIpc) is 2.70. The number of benzene rings is 1. The summed E-state index contributed by atoms with van der Waals surface area (Å²) >= 11 is 0. The van der Waals surface area contributed by atoms with Crippen molar-refractivity contribution < 1.29 is 9.53 Å². The molecular formula is C12H14N2O2. The van der Waals surface area contributed by atoms with Crippen LogP contribution in [0, 0.1) is 0 Å². The summed E-state index contributed by atoms with van der Waals surface area (Å²) in [6.45, 7) is 4.15. The molecule has 0 N–H and O–H groups in total. The van der Waals surface area contributed by atoms with Gasteiger partial charge in [-0.3, -0.25) is 0 Å². The first-order valence-electron chi connectivity index (χ1n) is 5.18. The van der Waals surface area contributed by atoms with E-state index in [9.17, 15) is 4.79 Å². The summed E-state index contributed by atoms with van der Waals surface area (Å²) in [6, 6.07) is 5.69. The summed E-state index contributed by atoms with van der Waals surface area (Å²) in [5.41, 5.74) is 2.40. The van der Waals surface area contributed by atoms with E-state index >= 15 is 0 Å². The van der Waals surface area contributed by atoms with Gasteiger partial charge < -0.3 is 9.30 Å². The molecule has 16 heavy (non-hydrogen) atoms. The van der Waals surface area contributed by atoms with Crippen LogP contribution in [0.1, 0.15) is 30.2 Å². The number of carbonyl (C=O) groups excluding carboxylic acids is 1. The maximum atomic E-state index is 11.4. The van der Waals surface area contributed by atoms with Crippen molar-refractivity contribution in [3.05, 3.63) is 30.1 Å². The Morgan fingerprint density at radius 3 is 2.81 bits per heavy atom. The molecule has 0 saturated carbocycles. The van der Waals surface area contributed by atoms with Gasteiger partial charge in [-0.15, -0.1) is 0 Å². The number of nitrogens with zero attached hydrogens (tertiary/aromatic N) is 2. The molecule has 0 radical (unpaired) electrons. The molecule has 4 nitrogen and oxygen atoms in total. The first-order chi connectivity index (χ1) is 7.63. The van der Waals surface area contributed by atoms with E-state index in [1.165, 1.54) is 7.11 Å². The van der Waals surface area contributed by atoms with Gasteiger partial charge in [-0.05, 0) is 32.0 Å². The van der Waals surface area contributed by atoms with Gasteiger partial charge in [0, 0.05) is 6.04 Å². The number of fused-ring (bicyclic) bond motifs is 1. The lowest BCUT2D eigenvalue weighted by atomic mass is 10.2. The van der Waals surface area contributed by atoms with Crippen LogP contribution in [0.2, 0.25) is 0 Å². The van der Waals surface area contributed by atoms with Gasteiger partial charge in [0.05, 0.1) is 30.0 Å². The molecule has 1 aromatic carbocycles. The molecular weight excluding hydrogens is 204 g/mol. The second-order valence-corrected chi connectivity index (χ2v) is 3.94. The Hall–Kier alpha value is -1.84. The third-order valence-electron chi connectivity index (χ3n) is 2.55. The minimum atomic E-state index is -0.321. The van der Waals surface area contributed by atoms with Crippen LogP contribution in [0.3, 0.4) is 0 Å². The van der Waals surface area contributed by atoms with Crippen LogP contribution in [-0.4, -0.2) is 22.6 Å². The second-order valence-electron chi connectivity index (χ2n) is 3.94. The van der Waals surface area contributed by atoms with Crippen molar-refractivity contribution in [3.8, 4) is 0 Å². The predicted molar refractivity (Wildman–Crippen MR) is 61.5 cm³/mol. The number of imidazole rings is 1. The SMILES string of the molecule is COC(=O)c1ccc2ncn(C(C)C)c2c1. The molecule has 2 aromatic rings. The Bertz CT molecular complexity index is 529. The number of ether oxygens (including phenoxy) is 1. The number of carbonyl (C=O) groups is 1. The number of aromatic nitrogens is 2. The van der Waals surface area contributed by atoms with Crippen LogP contribution in [0.4, 0.5) is 0 Å². The van der Waals surface area contributed by atoms with Crippen molar-refractivity contribution in [2.45, 2.75) is 19.9 Å². The maximum Gasteiger partial charge on any atom is 0.337 e. The van der Waals surface area contributed by atoms with Gasteiger partial charge >= 0.3 is 5.97 Å². The zero-order valence-corrected chi connectivity index (χ0v) is 9.60. The van der Waals surface area contributed by atoms with Gasteiger partial charge in [-0.2, -0.15) is 0 Å². The summed E-state index contributed by atoms with van der Waals surface area (Å²) < 4.78 is 6.72. The molecule has 0 fully saturated rings. The first kappa shape index (κ1) is 10.7. The molecule has 0 bridgehead atoms. The first-order valence-corrected chi connectivity index (χ1v) is 5.18. The van der Waals surface area contributed by atoms with E-state index in [1.54, 1.807) is 12.4 Å². The van der Waals surface area contributed by atoms with Crippen molar-refractivity contribution in [1.82, 2.24) is 9.55 Å². The summed E-state index contributed by atoms with van der Waals surface area (Å²) in [5, 5.41) is 0. The Labute approximate surface area is 93.9 Å². The fourth-order valence-corrected chi connectivity index (χ4v) is 1.68. The van der Waals surface area contributed by atoms with Crippen molar-refractivity contribution in [2.24, 2.45) is 0 Å². The van der Waals surface area contributed by atoms with Gasteiger partial charge in [0.1, 0.15) is 0 Å². The van der Waals surface area contributed by atoms with Crippen molar-refractivity contribution >= 4 is 17.0 Å². The van der Waals surface area contributed by atoms with E-state index in [0.29, 0.717) is 11.6 Å². The third-order valence-corrected chi connectivity index (χ3v) is 2.55. The minimum Gasteiger partial charge on any atom is -0.465 e.